The second-order valence-corrected chi connectivity index (χ2v) is 6.99. The molecule has 0 bridgehead atoms. The number of aryl methyl sites for hydroxylation is 1. The van der Waals surface area contributed by atoms with E-state index in [9.17, 15) is 14.4 Å². The summed E-state index contributed by atoms with van der Waals surface area (Å²) in [6.45, 7) is 1.61. The van der Waals surface area contributed by atoms with E-state index in [-0.39, 0.29) is 24.7 Å². The maximum atomic E-state index is 12.1. The monoisotopic (exact) mass is 355 g/mol. The lowest BCUT2D eigenvalue weighted by Gasteiger charge is -2.23. The third-order valence-electron chi connectivity index (χ3n) is 3.80. The summed E-state index contributed by atoms with van der Waals surface area (Å²) >= 11 is 1.33. The van der Waals surface area contributed by atoms with Crippen LogP contribution in [0.3, 0.4) is 0 Å². The van der Waals surface area contributed by atoms with Crippen LogP contribution in [0.2, 0.25) is 0 Å². The van der Waals surface area contributed by atoms with Gasteiger partial charge in [0, 0.05) is 10.5 Å². The highest BCUT2D eigenvalue weighted by Gasteiger charge is 2.29. The molecule has 0 aromatic heterocycles. The van der Waals surface area contributed by atoms with E-state index in [0.717, 1.165) is 16.1 Å². The number of carbonyl (C=O) groups excluding carboxylic acids is 3. The average Bonchev–Trinajstić information content (AvgIpc) is 2.61. The van der Waals surface area contributed by atoms with Crippen LogP contribution in [-0.4, -0.2) is 29.5 Å². The zero-order chi connectivity index (χ0) is 17.8. The van der Waals surface area contributed by atoms with Crippen LogP contribution in [0.25, 0.3) is 0 Å². The van der Waals surface area contributed by atoms with Crippen molar-refractivity contribution in [2.24, 2.45) is 0 Å². The van der Waals surface area contributed by atoms with Crippen molar-refractivity contribution in [1.82, 2.24) is 0 Å². The van der Waals surface area contributed by atoms with E-state index in [4.69, 9.17) is 4.74 Å². The van der Waals surface area contributed by atoms with E-state index in [1.807, 2.05) is 43.3 Å². The van der Waals surface area contributed by atoms with Crippen molar-refractivity contribution in [1.29, 1.82) is 0 Å². The standard InChI is InChI=1S/C19H17NO4S/c1-12-6-8-13(9-7-12)15(21)11-24-18(22)10-17-19(23)20-14-4-2-3-5-16(14)25-17/h2-9,17H,10-11H2,1H3,(H,20,23). The predicted molar refractivity (Wildman–Crippen MR) is 95.8 cm³/mol. The summed E-state index contributed by atoms with van der Waals surface area (Å²) in [5.74, 6) is -1.06. The van der Waals surface area contributed by atoms with Gasteiger partial charge in [0.2, 0.25) is 5.91 Å². The topological polar surface area (TPSA) is 72.5 Å². The van der Waals surface area contributed by atoms with E-state index >= 15 is 0 Å². The number of anilines is 1. The van der Waals surface area contributed by atoms with Crippen LogP contribution in [-0.2, 0) is 14.3 Å². The van der Waals surface area contributed by atoms with Crippen molar-refractivity contribution in [3.63, 3.8) is 0 Å². The lowest BCUT2D eigenvalue weighted by molar-refractivity contribution is -0.143. The van der Waals surface area contributed by atoms with Gasteiger partial charge in [-0.25, -0.2) is 0 Å². The molecule has 0 radical (unpaired) electrons. The Kier molecular flexibility index (Phi) is 5.19. The number of amides is 1. The quantitative estimate of drug-likeness (QED) is 0.658. The number of ketones is 1. The van der Waals surface area contributed by atoms with E-state index < -0.39 is 11.2 Å². The lowest BCUT2D eigenvalue weighted by Crippen LogP contribution is -2.31. The molecule has 1 N–H and O–H groups in total. The van der Waals surface area contributed by atoms with Gasteiger partial charge in [0.05, 0.1) is 17.4 Å². The number of carbonyl (C=O) groups is 3. The Morgan fingerprint density at radius 2 is 1.84 bits per heavy atom. The molecule has 6 heteroatoms. The fraction of sp³-hybridized carbons (Fsp3) is 0.211. The Morgan fingerprint density at radius 3 is 2.60 bits per heavy atom. The average molecular weight is 355 g/mol. The second-order valence-electron chi connectivity index (χ2n) is 5.75. The van der Waals surface area contributed by atoms with Gasteiger partial charge in [-0.1, -0.05) is 42.0 Å². The number of ether oxygens (including phenoxy) is 1. The molecule has 1 amide bonds. The molecule has 1 heterocycles. The summed E-state index contributed by atoms with van der Waals surface area (Å²) < 4.78 is 5.05. The van der Waals surface area contributed by atoms with Crippen LogP contribution in [0, 0.1) is 6.92 Å². The van der Waals surface area contributed by atoms with Gasteiger partial charge in [-0.15, -0.1) is 11.8 Å². The minimum absolute atomic E-state index is 0.0774. The van der Waals surface area contributed by atoms with Crippen molar-refractivity contribution in [3.05, 3.63) is 59.7 Å². The number of benzene rings is 2. The fourth-order valence-electron chi connectivity index (χ4n) is 2.41. The highest BCUT2D eigenvalue weighted by atomic mass is 32.2. The number of fused-ring (bicyclic) bond motifs is 1. The third kappa shape index (κ3) is 4.28. The van der Waals surface area contributed by atoms with E-state index in [1.54, 1.807) is 12.1 Å². The summed E-state index contributed by atoms with van der Waals surface area (Å²) in [6, 6.07) is 14.5. The van der Waals surface area contributed by atoms with Crippen molar-refractivity contribution in [2.45, 2.75) is 23.5 Å². The maximum Gasteiger partial charge on any atom is 0.307 e. The zero-order valence-electron chi connectivity index (χ0n) is 13.7. The van der Waals surface area contributed by atoms with Crippen LogP contribution in [0.5, 0.6) is 0 Å². The Morgan fingerprint density at radius 1 is 1.12 bits per heavy atom. The first-order valence-electron chi connectivity index (χ1n) is 7.85. The fourth-order valence-corrected chi connectivity index (χ4v) is 3.50. The molecule has 128 valence electrons. The van der Waals surface area contributed by atoms with Gasteiger partial charge in [-0.3, -0.25) is 14.4 Å². The Bertz CT molecular complexity index is 816. The Labute approximate surface area is 149 Å². The molecule has 0 saturated heterocycles. The molecule has 2 aromatic rings. The predicted octanol–water partition coefficient (Wildman–Crippen LogP) is 3.22. The number of hydrogen-bond acceptors (Lipinski definition) is 5. The molecule has 0 spiro atoms. The number of nitrogens with one attached hydrogen (secondary N) is 1. The van der Waals surface area contributed by atoms with Gasteiger partial charge < -0.3 is 10.1 Å². The van der Waals surface area contributed by atoms with Gasteiger partial charge >= 0.3 is 5.97 Å². The van der Waals surface area contributed by atoms with Gasteiger partial charge in [-0.05, 0) is 19.1 Å². The molecular weight excluding hydrogens is 338 g/mol. The molecule has 2 aromatic carbocycles. The molecule has 1 aliphatic rings. The Hall–Kier alpha value is -2.60. The number of thioether (sulfide) groups is 1. The third-order valence-corrected chi connectivity index (χ3v) is 5.07. The van der Waals surface area contributed by atoms with Crippen molar-refractivity contribution < 1.29 is 19.1 Å². The first kappa shape index (κ1) is 17.2. The highest BCUT2D eigenvalue weighted by Crippen LogP contribution is 2.36. The first-order valence-corrected chi connectivity index (χ1v) is 8.73. The summed E-state index contributed by atoms with van der Waals surface area (Å²) in [5, 5.41) is 2.22. The zero-order valence-corrected chi connectivity index (χ0v) is 14.5. The van der Waals surface area contributed by atoms with Gasteiger partial charge in [0.15, 0.2) is 12.4 Å². The smallest absolute Gasteiger partial charge is 0.307 e. The lowest BCUT2D eigenvalue weighted by atomic mass is 10.1. The van der Waals surface area contributed by atoms with Crippen LogP contribution >= 0.6 is 11.8 Å². The summed E-state index contributed by atoms with van der Waals surface area (Å²) in [4.78, 5) is 37.0. The SMILES string of the molecule is Cc1ccc(C(=O)COC(=O)CC2Sc3ccccc3NC2=O)cc1. The van der Waals surface area contributed by atoms with Crippen LogP contribution in [0.15, 0.2) is 53.4 Å². The number of Topliss-reactive ketones (excluding diaryl/α,β-unsaturated/α-hetero) is 1. The second kappa shape index (κ2) is 7.53. The molecule has 3 rings (SSSR count). The van der Waals surface area contributed by atoms with Crippen LogP contribution in [0.1, 0.15) is 22.3 Å². The highest BCUT2D eigenvalue weighted by molar-refractivity contribution is 8.01. The molecule has 1 atom stereocenters. The molecule has 0 saturated carbocycles. The van der Waals surface area contributed by atoms with Crippen molar-refractivity contribution >= 4 is 35.1 Å². The number of hydrogen-bond donors (Lipinski definition) is 1. The summed E-state index contributed by atoms with van der Waals surface area (Å²) in [6.07, 6.45) is -0.0774. The van der Waals surface area contributed by atoms with E-state index in [0.29, 0.717) is 5.56 Å². The van der Waals surface area contributed by atoms with Crippen LogP contribution in [0.4, 0.5) is 5.69 Å². The molecule has 25 heavy (non-hydrogen) atoms. The first-order chi connectivity index (χ1) is 12.0. The van der Waals surface area contributed by atoms with Gasteiger partial charge in [-0.2, -0.15) is 0 Å². The Balaban J connectivity index is 1.53. The molecule has 0 fully saturated rings. The van der Waals surface area contributed by atoms with Gasteiger partial charge in [0.1, 0.15) is 0 Å². The number of rotatable bonds is 5. The maximum absolute atomic E-state index is 12.1. The summed E-state index contributed by atoms with van der Waals surface area (Å²) in [7, 11) is 0. The van der Waals surface area contributed by atoms with E-state index in [2.05, 4.69) is 5.32 Å². The van der Waals surface area contributed by atoms with Crippen molar-refractivity contribution in [3.8, 4) is 0 Å². The van der Waals surface area contributed by atoms with E-state index in [1.165, 1.54) is 11.8 Å². The normalized spacial score (nSPS) is 15.9. The number of esters is 1. The largest absolute Gasteiger partial charge is 0.457 e. The molecular formula is C19H17NO4S. The van der Waals surface area contributed by atoms with Crippen molar-refractivity contribution in [2.75, 3.05) is 11.9 Å². The van der Waals surface area contributed by atoms with Crippen LogP contribution < -0.4 is 5.32 Å². The molecule has 1 unspecified atom stereocenters. The molecule has 1 aliphatic heterocycles. The molecule has 0 aliphatic carbocycles. The number of para-hydroxylation sites is 1. The minimum Gasteiger partial charge on any atom is -0.457 e. The summed E-state index contributed by atoms with van der Waals surface area (Å²) in [5.41, 5.74) is 2.29. The molecule has 5 nitrogen and oxygen atoms in total. The van der Waals surface area contributed by atoms with Gasteiger partial charge in [0.25, 0.3) is 0 Å². The minimum atomic E-state index is -0.563.